The minimum atomic E-state index is -0.581. The second kappa shape index (κ2) is 8.43. The molecular weight excluding hydrogens is 394 g/mol. The quantitative estimate of drug-likeness (QED) is 0.492. The van der Waals surface area contributed by atoms with Crippen molar-refractivity contribution < 1.29 is 19.1 Å². The van der Waals surface area contributed by atoms with Crippen LogP contribution in [0, 0.1) is 0 Å². The Kier molecular flexibility index (Phi) is 5.76. The summed E-state index contributed by atoms with van der Waals surface area (Å²) in [7, 11) is 4.33. The zero-order valence-electron chi connectivity index (χ0n) is 16.4. The summed E-state index contributed by atoms with van der Waals surface area (Å²) in [6, 6.07) is 3.02. The third-order valence-corrected chi connectivity index (χ3v) is 4.17. The molecule has 12 nitrogen and oxygen atoms in total. The summed E-state index contributed by atoms with van der Waals surface area (Å²) in [5.41, 5.74) is 5.30. The molecule has 0 aliphatic heterocycles. The molecule has 30 heavy (non-hydrogen) atoms. The number of methoxy groups -OCH3 is 1. The number of nitrogens with zero attached hydrogens (tertiary/aromatic N) is 4. The van der Waals surface area contributed by atoms with Gasteiger partial charge in [-0.2, -0.15) is 0 Å². The third-order valence-electron chi connectivity index (χ3n) is 4.17. The maximum Gasteiger partial charge on any atom is 0.262 e. The Bertz CT molecular complexity index is 1170. The molecule has 0 saturated carbocycles. The van der Waals surface area contributed by atoms with Crippen LogP contribution < -0.4 is 31.4 Å². The van der Waals surface area contributed by atoms with Crippen LogP contribution in [0.1, 0.15) is 10.4 Å². The van der Waals surface area contributed by atoms with Gasteiger partial charge in [0.1, 0.15) is 5.52 Å². The normalized spacial score (nSPS) is 10.5. The minimum absolute atomic E-state index is 0.0248. The molecule has 2 aromatic heterocycles. The SMILES string of the molecule is CNC(=O)COc1ccc2c(=O)n(C)c(NC(=O)c3cnc(N)nc3)nc2c1OC. The largest absolute Gasteiger partial charge is 0.491 e. The smallest absolute Gasteiger partial charge is 0.262 e. The van der Waals surface area contributed by atoms with Gasteiger partial charge in [-0.1, -0.05) is 0 Å². The molecule has 0 radical (unpaired) electrons. The first kappa shape index (κ1) is 20.5. The van der Waals surface area contributed by atoms with E-state index in [1.54, 1.807) is 0 Å². The number of benzene rings is 1. The summed E-state index contributed by atoms with van der Waals surface area (Å²) >= 11 is 0. The lowest BCUT2D eigenvalue weighted by atomic mass is 10.2. The van der Waals surface area contributed by atoms with E-state index in [4.69, 9.17) is 15.2 Å². The predicted octanol–water partition coefficient (Wildman–Crippen LogP) is -0.309. The van der Waals surface area contributed by atoms with Crippen LogP contribution in [-0.4, -0.2) is 52.1 Å². The molecule has 0 atom stereocenters. The summed E-state index contributed by atoms with van der Waals surface area (Å²) < 4.78 is 12.0. The van der Waals surface area contributed by atoms with Crippen molar-refractivity contribution in [3.05, 3.63) is 40.4 Å². The van der Waals surface area contributed by atoms with Crippen LogP contribution in [-0.2, 0) is 11.8 Å². The molecule has 3 rings (SSSR count). The zero-order valence-corrected chi connectivity index (χ0v) is 16.4. The van der Waals surface area contributed by atoms with E-state index >= 15 is 0 Å². The number of likely N-dealkylation sites (N-methyl/N-ethyl adjacent to an activating group) is 1. The number of hydrogen-bond donors (Lipinski definition) is 3. The summed E-state index contributed by atoms with van der Waals surface area (Å²) in [6.45, 7) is -0.246. The number of rotatable bonds is 6. The second-order valence-corrected chi connectivity index (χ2v) is 6.04. The lowest BCUT2D eigenvalue weighted by Crippen LogP contribution is -2.26. The van der Waals surface area contributed by atoms with Gasteiger partial charge in [-0.25, -0.2) is 15.0 Å². The Morgan fingerprint density at radius 2 is 1.93 bits per heavy atom. The Morgan fingerprint density at radius 3 is 2.57 bits per heavy atom. The highest BCUT2D eigenvalue weighted by Crippen LogP contribution is 2.33. The number of nitrogens with one attached hydrogen (secondary N) is 2. The van der Waals surface area contributed by atoms with Crippen molar-refractivity contribution in [2.45, 2.75) is 0 Å². The molecule has 0 spiro atoms. The van der Waals surface area contributed by atoms with Crippen LogP contribution in [0.15, 0.2) is 29.3 Å². The molecule has 3 aromatic rings. The topological polar surface area (TPSA) is 163 Å². The average Bonchev–Trinajstić information content (AvgIpc) is 2.75. The van der Waals surface area contributed by atoms with E-state index in [0.717, 1.165) is 0 Å². The fourth-order valence-corrected chi connectivity index (χ4v) is 2.56. The van der Waals surface area contributed by atoms with Crippen LogP contribution in [0.5, 0.6) is 11.5 Å². The number of nitrogen functional groups attached to an aromatic ring is 1. The summed E-state index contributed by atoms with van der Waals surface area (Å²) in [5.74, 6) is -0.553. The van der Waals surface area contributed by atoms with Crippen molar-refractivity contribution in [2.24, 2.45) is 7.05 Å². The van der Waals surface area contributed by atoms with Gasteiger partial charge in [0, 0.05) is 26.5 Å². The maximum atomic E-state index is 12.8. The molecule has 0 fully saturated rings. The Morgan fingerprint density at radius 1 is 1.23 bits per heavy atom. The van der Waals surface area contributed by atoms with Gasteiger partial charge in [0.05, 0.1) is 18.1 Å². The number of amides is 2. The minimum Gasteiger partial charge on any atom is -0.491 e. The van der Waals surface area contributed by atoms with Gasteiger partial charge < -0.3 is 20.5 Å². The molecule has 2 amide bonds. The van der Waals surface area contributed by atoms with Crippen LogP contribution in [0.4, 0.5) is 11.9 Å². The first-order valence-corrected chi connectivity index (χ1v) is 8.65. The van der Waals surface area contributed by atoms with E-state index in [9.17, 15) is 14.4 Å². The number of ether oxygens (including phenoxy) is 2. The molecule has 0 bridgehead atoms. The number of nitrogens with two attached hydrogens (primary N) is 1. The number of fused-ring (bicyclic) bond motifs is 1. The monoisotopic (exact) mass is 413 g/mol. The van der Waals surface area contributed by atoms with Gasteiger partial charge in [0.25, 0.3) is 17.4 Å². The molecule has 4 N–H and O–H groups in total. The van der Waals surface area contributed by atoms with E-state index in [0.29, 0.717) is 0 Å². The Balaban J connectivity index is 2.03. The summed E-state index contributed by atoms with van der Waals surface area (Å²) in [5, 5.41) is 5.22. The van der Waals surface area contributed by atoms with E-state index in [2.05, 4.69) is 25.6 Å². The average molecular weight is 413 g/mol. The van der Waals surface area contributed by atoms with Crippen molar-refractivity contribution in [3.63, 3.8) is 0 Å². The van der Waals surface area contributed by atoms with Gasteiger partial charge in [-0.05, 0) is 12.1 Å². The van der Waals surface area contributed by atoms with E-state index < -0.39 is 11.5 Å². The summed E-state index contributed by atoms with van der Waals surface area (Å²) in [6.07, 6.45) is 2.50. The molecule has 0 unspecified atom stereocenters. The van der Waals surface area contributed by atoms with Crippen molar-refractivity contribution in [1.29, 1.82) is 0 Å². The molecule has 0 aliphatic rings. The molecule has 0 saturated heterocycles. The van der Waals surface area contributed by atoms with Crippen LogP contribution >= 0.6 is 0 Å². The van der Waals surface area contributed by atoms with Gasteiger partial charge >= 0.3 is 0 Å². The van der Waals surface area contributed by atoms with Gasteiger partial charge in [0.15, 0.2) is 18.1 Å². The molecule has 0 aliphatic carbocycles. The van der Waals surface area contributed by atoms with E-state index in [-0.39, 0.29) is 52.4 Å². The molecular formula is C18H19N7O5. The molecule has 2 heterocycles. The number of hydrogen-bond acceptors (Lipinski definition) is 9. The van der Waals surface area contributed by atoms with Crippen molar-refractivity contribution in [2.75, 3.05) is 31.8 Å². The van der Waals surface area contributed by atoms with E-state index in [1.165, 1.54) is 50.3 Å². The number of carbonyl (C=O) groups is 2. The highest BCUT2D eigenvalue weighted by atomic mass is 16.5. The highest BCUT2D eigenvalue weighted by molar-refractivity contribution is 6.03. The molecule has 156 valence electrons. The van der Waals surface area contributed by atoms with Crippen LogP contribution in [0.25, 0.3) is 10.9 Å². The fourth-order valence-electron chi connectivity index (χ4n) is 2.56. The zero-order chi connectivity index (χ0) is 21.8. The Labute approximate surface area is 170 Å². The standard InChI is InChI=1S/C18H19N7O5/c1-20-12(26)8-30-11-5-4-10-13(14(11)29-3)23-18(25(2)16(10)28)24-15(27)9-6-21-17(19)22-7-9/h4-7H,8H2,1-3H3,(H,20,26)(H2,19,21,22)(H,23,24,27). The third kappa shape index (κ3) is 3.97. The summed E-state index contributed by atoms with van der Waals surface area (Å²) in [4.78, 5) is 48.6. The van der Waals surface area contributed by atoms with Crippen LogP contribution in [0.2, 0.25) is 0 Å². The van der Waals surface area contributed by atoms with Gasteiger partial charge in [-0.15, -0.1) is 0 Å². The number of anilines is 2. The molecule has 12 heteroatoms. The fraction of sp³-hybridized carbons (Fsp3) is 0.222. The first-order chi connectivity index (χ1) is 14.3. The maximum absolute atomic E-state index is 12.8. The second-order valence-electron chi connectivity index (χ2n) is 6.04. The number of aromatic nitrogens is 4. The van der Waals surface area contributed by atoms with Gasteiger partial charge in [0.2, 0.25) is 11.9 Å². The first-order valence-electron chi connectivity index (χ1n) is 8.65. The van der Waals surface area contributed by atoms with Crippen molar-refractivity contribution >= 4 is 34.6 Å². The van der Waals surface area contributed by atoms with Crippen molar-refractivity contribution in [3.8, 4) is 11.5 Å². The lowest BCUT2D eigenvalue weighted by Gasteiger charge is -2.15. The van der Waals surface area contributed by atoms with Crippen LogP contribution in [0.3, 0.4) is 0 Å². The predicted molar refractivity (Wildman–Crippen MR) is 107 cm³/mol. The number of carbonyl (C=O) groups excluding carboxylic acids is 2. The molecule has 1 aromatic carbocycles. The lowest BCUT2D eigenvalue weighted by molar-refractivity contribution is -0.122. The van der Waals surface area contributed by atoms with Crippen molar-refractivity contribution in [1.82, 2.24) is 24.8 Å². The highest BCUT2D eigenvalue weighted by Gasteiger charge is 2.19. The van der Waals surface area contributed by atoms with E-state index in [1.807, 2.05) is 0 Å². The van der Waals surface area contributed by atoms with Gasteiger partial charge in [-0.3, -0.25) is 24.3 Å². The Hall–Kier alpha value is -4.22.